The highest BCUT2D eigenvalue weighted by atomic mass is 31.2. The standard InChI is InChI=1S/C4H10.2H3O4P/c1-3-4-2;2*1-5(2,3)4/h3-4H2,1-2H3;2*(H3,1,2,3,4)/p-6. The first-order valence-corrected chi connectivity index (χ1v) is 6.30. The van der Waals surface area contributed by atoms with Crippen LogP contribution < -0.4 is 29.4 Å². The molecule has 0 fully saturated rings. The van der Waals surface area contributed by atoms with E-state index in [0.29, 0.717) is 0 Å². The van der Waals surface area contributed by atoms with Crippen molar-refractivity contribution in [3.8, 4) is 0 Å². The van der Waals surface area contributed by atoms with Gasteiger partial charge in [-0.25, -0.2) is 0 Å². The summed E-state index contributed by atoms with van der Waals surface area (Å²) in [7, 11) is -10.8. The van der Waals surface area contributed by atoms with E-state index in [2.05, 4.69) is 13.8 Å². The highest BCUT2D eigenvalue weighted by Gasteiger charge is 1.56. The van der Waals surface area contributed by atoms with Crippen molar-refractivity contribution in [1.82, 2.24) is 0 Å². The van der Waals surface area contributed by atoms with E-state index in [1.165, 1.54) is 12.8 Å². The lowest BCUT2D eigenvalue weighted by molar-refractivity contribution is -0.434. The first-order valence-electron chi connectivity index (χ1n) is 3.37. The Morgan fingerprint density at radius 2 is 0.786 bits per heavy atom. The maximum absolute atomic E-state index is 8.55. The summed E-state index contributed by atoms with van der Waals surface area (Å²) in [6.45, 7) is 4.36. The second-order valence-electron chi connectivity index (χ2n) is 1.89. The summed E-state index contributed by atoms with van der Waals surface area (Å²) in [5.41, 5.74) is 0. The third kappa shape index (κ3) is 1030. The fourth-order valence-electron chi connectivity index (χ4n) is 0. The lowest BCUT2D eigenvalue weighted by atomic mass is 10.4. The lowest BCUT2D eigenvalue weighted by Gasteiger charge is -2.36. The topological polar surface area (TPSA) is 172 Å². The predicted molar refractivity (Wildman–Crippen MR) is 35.8 cm³/mol. The molecule has 0 atom stereocenters. The van der Waals surface area contributed by atoms with Gasteiger partial charge in [0.2, 0.25) is 0 Å². The largest absolute Gasteiger partial charge is 0.822 e. The molecule has 0 rings (SSSR count). The van der Waals surface area contributed by atoms with E-state index in [4.69, 9.17) is 38.5 Å². The van der Waals surface area contributed by atoms with Gasteiger partial charge >= 0.3 is 0 Å². The van der Waals surface area contributed by atoms with Gasteiger partial charge in [-0.1, -0.05) is 26.7 Å². The Labute approximate surface area is 81.7 Å². The molecule has 0 radical (unpaired) electrons. The van der Waals surface area contributed by atoms with Crippen molar-refractivity contribution in [2.24, 2.45) is 0 Å². The predicted octanol–water partition coefficient (Wildman–Crippen LogP) is -3.84. The first kappa shape index (κ1) is 19.7. The average molecular weight is 248 g/mol. The van der Waals surface area contributed by atoms with Gasteiger partial charge in [-0.05, 0) is 0 Å². The molecule has 0 amide bonds. The number of unbranched alkanes of at least 4 members (excludes halogenated alkanes) is 1. The molecule has 0 saturated carbocycles. The van der Waals surface area contributed by atoms with Crippen LogP contribution >= 0.6 is 15.6 Å². The van der Waals surface area contributed by atoms with Crippen molar-refractivity contribution < 1.29 is 38.5 Å². The molecule has 0 saturated heterocycles. The fourth-order valence-corrected chi connectivity index (χ4v) is 0. The van der Waals surface area contributed by atoms with Gasteiger partial charge in [-0.3, -0.25) is 0 Å². The van der Waals surface area contributed by atoms with E-state index in [-0.39, 0.29) is 0 Å². The van der Waals surface area contributed by atoms with Crippen LogP contribution in [0.15, 0.2) is 0 Å². The van der Waals surface area contributed by atoms with Crippen molar-refractivity contribution in [3.05, 3.63) is 0 Å². The molecule has 0 bridgehead atoms. The zero-order valence-corrected chi connectivity index (χ0v) is 9.36. The van der Waals surface area contributed by atoms with Crippen LogP contribution in [0.1, 0.15) is 26.7 Å². The summed E-state index contributed by atoms with van der Waals surface area (Å²) in [6.07, 6.45) is 2.64. The summed E-state index contributed by atoms with van der Waals surface area (Å²) < 4.78 is 17.1. The van der Waals surface area contributed by atoms with Crippen LogP contribution in [-0.2, 0) is 9.13 Å². The zero-order chi connectivity index (χ0) is 12.4. The van der Waals surface area contributed by atoms with Gasteiger partial charge in [0.15, 0.2) is 0 Å². The average Bonchev–Trinajstić information content (AvgIpc) is 1.79. The maximum Gasteiger partial charge on any atom is -0.0564 e. The van der Waals surface area contributed by atoms with Crippen molar-refractivity contribution in [2.75, 3.05) is 0 Å². The summed E-state index contributed by atoms with van der Waals surface area (Å²) >= 11 is 0. The quantitative estimate of drug-likeness (QED) is 0.424. The number of hydrogen-bond acceptors (Lipinski definition) is 8. The van der Waals surface area contributed by atoms with Crippen molar-refractivity contribution in [2.45, 2.75) is 26.7 Å². The molecular formula is C4H10O8P2-6. The third-order valence-electron chi connectivity index (χ3n) is 0.500. The van der Waals surface area contributed by atoms with E-state index in [0.717, 1.165) is 0 Å². The van der Waals surface area contributed by atoms with Gasteiger partial charge in [0.1, 0.15) is 0 Å². The number of phosphoric acid groups is 2. The van der Waals surface area contributed by atoms with Crippen LogP contribution in [0.2, 0.25) is 0 Å². The van der Waals surface area contributed by atoms with Crippen LogP contribution in [0.25, 0.3) is 0 Å². The molecule has 0 aromatic carbocycles. The smallest absolute Gasteiger partial charge is 0.0564 e. The van der Waals surface area contributed by atoms with Crippen LogP contribution in [0.4, 0.5) is 0 Å². The summed E-state index contributed by atoms with van der Waals surface area (Å²) in [6, 6.07) is 0. The molecule has 0 aromatic heterocycles. The molecule has 0 spiro atoms. The molecule has 8 nitrogen and oxygen atoms in total. The van der Waals surface area contributed by atoms with E-state index < -0.39 is 15.6 Å². The van der Waals surface area contributed by atoms with Crippen LogP contribution in [0, 0.1) is 0 Å². The summed E-state index contributed by atoms with van der Waals surface area (Å²) in [4.78, 5) is 51.3. The van der Waals surface area contributed by atoms with Crippen molar-refractivity contribution in [1.29, 1.82) is 0 Å². The maximum atomic E-state index is 8.55. The molecule has 10 heteroatoms. The molecule has 0 heterocycles. The Morgan fingerprint density at radius 3 is 0.786 bits per heavy atom. The molecule has 90 valence electrons. The van der Waals surface area contributed by atoms with E-state index in [1.54, 1.807) is 0 Å². The molecule has 0 N–H and O–H groups in total. The summed E-state index contributed by atoms with van der Waals surface area (Å²) in [5, 5.41) is 0. The zero-order valence-electron chi connectivity index (χ0n) is 7.57. The minimum absolute atomic E-state index is 1.32. The minimum Gasteiger partial charge on any atom is -0.822 e. The monoisotopic (exact) mass is 248 g/mol. The highest BCUT2D eigenvalue weighted by molar-refractivity contribution is 7.40. The molecular weight excluding hydrogens is 238 g/mol. The first-order chi connectivity index (χ1) is 5.91. The minimum atomic E-state index is -5.39. The Balaban J connectivity index is -0.000000131. The van der Waals surface area contributed by atoms with Crippen molar-refractivity contribution in [3.63, 3.8) is 0 Å². The van der Waals surface area contributed by atoms with Crippen molar-refractivity contribution >= 4 is 15.6 Å². The SMILES string of the molecule is CCCC.O=P([O-])([O-])[O-].O=P([O-])([O-])[O-]. The van der Waals surface area contributed by atoms with E-state index in [9.17, 15) is 0 Å². The second-order valence-corrected chi connectivity index (χ2v) is 3.68. The number of hydrogen-bond donors (Lipinski definition) is 0. The van der Waals surface area contributed by atoms with E-state index >= 15 is 0 Å². The van der Waals surface area contributed by atoms with Crippen LogP contribution in [0.3, 0.4) is 0 Å². The van der Waals surface area contributed by atoms with Gasteiger partial charge in [0.25, 0.3) is 0 Å². The highest BCUT2D eigenvalue weighted by Crippen LogP contribution is 2.03. The lowest BCUT2D eigenvalue weighted by Crippen LogP contribution is -2.24. The number of rotatable bonds is 1. The third-order valence-corrected chi connectivity index (χ3v) is 0.500. The molecule has 0 unspecified atom stereocenters. The summed E-state index contributed by atoms with van der Waals surface area (Å²) in [5.74, 6) is 0. The second kappa shape index (κ2) is 9.76. The van der Waals surface area contributed by atoms with Gasteiger partial charge in [0.05, 0.1) is 0 Å². The Hall–Kier alpha value is 0.220. The van der Waals surface area contributed by atoms with Crippen LogP contribution in [-0.4, -0.2) is 0 Å². The Bertz CT molecular complexity index is 153. The molecule has 14 heavy (non-hydrogen) atoms. The molecule has 0 aliphatic carbocycles. The normalized spacial score (nSPS) is 10.6. The fraction of sp³-hybridized carbons (Fsp3) is 1.00. The molecule has 0 aromatic rings. The van der Waals surface area contributed by atoms with Gasteiger partial charge in [-0.2, -0.15) is 15.6 Å². The van der Waals surface area contributed by atoms with E-state index in [1.807, 2.05) is 0 Å². The van der Waals surface area contributed by atoms with Gasteiger partial charge < -0.3 is 38.5 Å². The molecule has 0 aliphatic rings. The van der Waals surface area contributed by atoms with Gasteiger partial charge in [-0.15, -0.1) is 0 Å². The molecule has 0 aliphatic heterocycles. The van der Waals surface area contributed by atoms with Crippen LogP contribution in [0.5, 0.6) is 0 Å². The Kier molecular flexibility index (Phi) is 13.8. The Morgan fingerprint density at radius 1 is 0.714 bits per heavy atom. The van der Waals surface area contributed by atoms with Gasteiger partial charge in [0, 0.05) is 0 Å².